The quantitative estimate of drug-likeness (QED) is 0.798. The van der Waals surface area contributed by atoms with E-state index in [9.17, 15) is 4.79 Å². The van der Waals surface area contributed by atoms with E-state index in [2.05, 4.69) is 15.3 Å². The van der Waals surface area contributed by atoms with Gasteiger partial charge in [0.1, 0.15) is 0 Å². The van der Waals surface area contributed by atoms with Crippen LogP contribution >= 0.6 is 0 Å². The third-order valence-electron chi connectivity index (χ3n) is 2.94. The van der Waals surface area contributed by atoms with Gasteiger partial charge in [-0.05, 0) is 12.8 Å². The number of carbonyl (C=O) groups is 1. The van der Waals surface area contributed by atoms with Gasteiger partial charge in [-0.15, -0.1) is 0 Å². The lowest BCUT2D eigenvalue weighted by Crippen LogP contribution is -2.40. The molecule has 1 aromatic rings. The van der Waals surface area contributed by atoms with Crippen LogP contribution in [0.3, 0.4) is 0 Å². The average molecular weight is 220 g/mol. The first-order valence-electron chi connectivity index (χ1n) is 5.53. The van der Waals surface area contributed by atoms with Crippen LogP contribution in [0.4, 0.5) is 5.82 Å². The van der Waals surface area contributed by atoms with E-state index in [1.165, 1.54) is 6.20 Å². The van der Waals surface area contributed by atoms with Gasteiger partial charge >= 0.3 is 0 Å². The first kappa shape index (κ1) is 11.0. The first-order valence-corrected chi connectivity index (χ1v) is 5.53. The molecule has 1 saturated carbocycles. The molecule has 2 rings (SSSR count). The number of hydrogen-bond donors (Lipinski definition) is 2. The lowest BCUT2D eigenvalue weighted by Gasteiger charge is -2.22. The summed E-state index contributed by atoms with van der Waals surface area (Å²) in [4.78, 5) is 19.6. The first-order chi connectivity index (χ1) is 7.68. The molecule has 0 saturated heterocycles. The van der Waals surface area contributed by atoms with E-state index in [1.54, 1.807) is 12.4 Å². The molecule has 16 heavy (non-hydrogen) atoms. The normalized spacial score (nSPS) is 18.3. The highest BCUT2D eigenvalue weighted by molar-refractivity contribution is 5.90. The molecule has 0 spiro atoms. The highest BCUT2D eigenvalue weighted by Gasteiger charge is 2.31. The molecule has 5 heteroatoms. The van der Waals surface area contributed by atoms with E-state index in [-0.39, 0.29) is 11.4 Å². The SMILES string of the molecule is NC1(CC(=O)Nc2cnccn2)CCCC1. The fourth-order valence-corrected chi connectivity index (χ4v) is 2.13. The lowest BCUT2D eigenvalue weighted by atomic mass is 9.94. The van der Waals surface area contributed by atoms with Gasteiger partial charge in [0, 0.05) is 24.4 Å². The number of nitrogens with two attached hydrogens (primary N) is 1. The standard InChI is InChI=1S/C11H16N4O/c12-11(3-1-2-4-11)7-10(16)15-9-8-13-5-6-14-9/h5-6,8H,1-4,7,12H2,(H,14,15,16). The van der Waals surface area contributed by atoms with Crippen molar-refractivity contribution in [1.29, 1.82) is 0 Å². The van der Waals surface area contributed by atoms with Gasteiger partial charge in [-0.3, -0.25) is 9.78 Å². The second kappa shape index (κ2) is 4.57. The van der Waals surface area contributed by atoms with Gasteiger partial charge < -0.3 is 11.1 Å². The number of nitrogens with one attached hydrogen (secondary N) is 1. The average Bonchev–Trinajstić information content (AvgIpc) is 2.66. The van der Waals surface area contributed by atoms with E-state index in [4.69, 9.17) is 5.73 Å². The van der Waals surface area contributed by atoms with Gasteiger partial charge in [0.05, 0.1) is 6.20 Å². The Bertz CT molecular complexity index is 360. The Hall–Kier alpha value is -1.49. The van der Waals surface area contributed by atoms with Gasteiger partial charge in [0.2, 0.25) is 5.91 Å². The lowest BCUT2D eigenvalue weighted by molar-refractivity contribution is -0.117. The molecule has 1 fully saturated rings. The van der Waals surface area contributed by atoms with Crippen molar-refractivity contribution >= 4 is 11.7 Å². The minimum Gasteiger partial charge on any atom is -0.325 e. The summed E-state index contributed by atoms with van der Waals surface area (Å²) in [5.74, 6) is 0.402. The number of carbonyl (C=O) groups excluding carboxylic acids is 1. The Kier molecular flexibility index (Phi) is 3.14. The molecule has 1 aliphatic carbocycles. The molecule has 0 radical (unpaired) electrons. The molecule has 1 aromatic heterocycles. The van der Waals surface area contributed by atoms with Crippen molar-refractivity contribution in [3.8, 4) is 0 Å². The van der Waals surface area contributed by atoms with Gasteiger partial charge in [0.15, 0.2) is 5.82 Å². The molecule has 0 aliphatic heterocycles. The Balaban J connectivity index is 1.89. The number of anilines is 1. The fourth-order valence-electron chi connectivity index (χ4n) is 2.13. The molecule has 5 nitrogen and oxygen atoms in total. The summed E-state index contributed by atoms with van der Waals surface area (Å²) < 4.78 is 0. The molecular weight excluding hydrogens is 204 g/mol. The highest BCUT2D eigenvalue weighted by Crippen LogP contribution is 2.30. The van der Waals surface area contributed by atoms with E-state index >= 15 is 0 Å². The molecule has 1 heterocycles. The smallest absolute Gasteiger partial charge is 0.227 e. The Morgan fingerprint density at radius 2 is 2.19 bits per heavy atom. The minimum absolute atomic E-state index is 0.0788. The van der Waals surface area contributed by atoms with Crippen molar-refractivity contribution in [2.24, 2.45) is 5.73 Å². The van der Waals surface area contributed by atoms with Crippen LogP contribution in [0.15, 0.2) is 18.6 Å². The summed E-state index contributed by atoms with van der Waals surface area (Å²) in [6.45, 7) is 0. The summed E-state index contributed by atoms with van der Waals surface area (Å²) in [5.41, 5.74) is 5.80. The highest BCUT2D eigenvalue weighted by atomic mass is 16.1. The van der Waals surface area contributed by atoms with Crippen LogP contribution in [-0.4, -0.2) is 21.4 Å². The zero-order valence-electron chi connectivity index (χ0n) is 9.15. The Morgan fingerprint density at radius 1 is 1.44 bits per heavy atom. The third-order valence-corrected chi connectivity index (χ3v) is 2.94. The van der Waals surface area contributed by atoms with Crippen molar-refractivity contribution in [2.75, 3.05) is 5.32 Å². The molecule has 0 unspecified atom stereocenters. The number of hydrogen-bond acceptors (Lipinski definition) is 4. The van der Waals surface area contributed by atoms with E-state index in [0.29, 0.717) is 12.2 Å². The van der Waals surface area contributed by atoms with Crippen LogP contribution in [0.5, 0.6) is 0 Å². The molecule has 86 valence electrons. The minimum atomic E-state index is -0.313. The van der Waals surface area contributed by atoms with Gasteiger partial charge in [-0.1, -0.05) is 12.8 Å². The van der Waals surface area contributed by atoms with Crippen LogP contribution < -0.4 is 11.1 Å². The summed E-state index contributed by atoms with van der Waals surface area (Å²) in [5, 5.41) is 2.70. The fraction of sp³-hybridized carbons (Fsp3) is 0.545. The largest absolute Gasteiger partial charge is 0.325 e. The van der Waals surface area contributed by atoms with Gasteiger partial charge in [-0.25, -0.2) is 4.98 Å². The summed E-state index contributed by atoms with van der Waals surface area (Å²) in [6, 6.07) is 0. The van der Waals surface area contributed by atoms with Crippen molar-refractivity contribution in [2.45, 2.75) is 37.6 Å². The van der Waals surface area contributed by atoms with Crippen molar-refractivity contribution in [3.05, 3.63) is 18.6 Å². The van der Waals surface area contributed by atoms with E-state index < -0.39 is 0 Å². The zero-order valence-corrected chi connectivity index (χ0v) is 9.15. The molecule has 1 amide bonds. The van der Waals surface area contributed by atoms with Crippen molar-refractivity contribution in [1.82, 2.24) is 9.97 Å². The molecule has 0 aromatic carbocycles. The molecular formula is C11H16N4O. The van der Waals surface area contributed by atoms with Crippen molar-refractivity contribution < 1.29 is 4.79 Å². The monoisotopic (exact) mass is 220 g/mol. The van der Waals surface area contributed by atoms with Gasteiger partial charge in [0.25, 0.3) is 0 Å². The topological polar surface area (TPSA) is 80.9 Å². The molecule has 1 aliphatic rings. The van der Waals surface area contributed by atoms with Crippen LogP contribution in [0.25, 0.3) is 0 Å². The number of rotatable bonds is 3. The molecule has 0 bridgehead atoms. The number of aromatic nitrogens is 2. The third kappa shape index (κ3) is 2.76. The van der Waals surface area contributed by atoms with Crippen molar-refractivity contribution in [3.63, 3.8) is 0 Å². The Morgan fingerprint density at radius 3 is 2.81 bits per heavy atom. The Labute approximate surface area is 94.5 Å². The van der Waals surface area contributed by atoms with Crippen LogP contribution in [0.2, 0.25) is 0 Å². The number of nitrogens with zero attached hydrogens (tertiary/aromatic N) is 2. The second-order valence-electron chi connectivity index (χ2n) is 4.39. The predicted octanol–water partition coefficient (Wildman–Crippen LogP) is 1.08. The van der Waals surface area contributed by atoms with E-state index in [0.717, 1.165) is 25.7 Å². The maximum absolute atomic E-state index is 11.7. The van der Waals surface area contributed by atoms with Crippen LogP contribution in [0, 0.1) is 0 Å². The summed E-state index contributed by atoms with van der Waals surface area (Å²) in [6.07, 6.45) is 9.10. The number of amides is 1. The maximum Gasteiger partial charge on any atom is 0.227 e. The van der Waals surface area contributed by atoms with Crippen LogP contribution in [0.1, 0.15) is 32.1 Å². The predicted molar refractivity (Wildman–Crippen MR) is 60.7 cm³/mol. The summed E-state index contributed by atoms with van der Waals surface area (Å²) in [7, 11) is 0. The maximum atomic E-state index is 11.7. The van der Waals surface area contributed by atoms with Gasteiger partial charge in [-0.2, -0.15) is 0 Å². The molecule has 0 atom stereocenters. The van der Waals surface area contributed by atoms with E-state index in [1.807, 2.05) is 0 Å². The summed E-state index contributed by atoms with van der Waals surface area (Å²) >= 11 is 0. The zero-order chi connectivity index (χ0) is 11.4. The molecule has 3 N–H and O–H groups in total. The van der Waals surface area contributed by atoms with Crippen LogP contribution in [-0.2, 0) is 4.79 Å². The second-order valence-corrected chi connectivity index (χ2v) is 4.39.